The van der Waals surface area contributed by atoms with Crippen molar-refractivity contribution in [3.05, 3.63) is 66.6 Å². The molecule has 1 aliphatic heterocycles. The van der Waals surface area contributed by atoms with E-state index in [-0.39, 0.29) is 24.7 Å². The molecule has 9 heteroatoms. The van der Waals surface area contributed by atoms with Gasteiger partial charge in [-0.05, 0) is 29.8 Å². The van der Waals surface area contributed by atoms with E-state index in [9.17, 15) is 13.6 Å². The Morgan fingerprint density at radius 3 is 2.83 bits per heavy atom. The van der Waals surface area contributed by atoms with Gasteiger partial charge >= 0.3 is 0 Å². The minimum Gasteiger partial charge on any atom is -0.466 e. The Morgan fingerprint density at radius 1 is 1.23 bits per heavy atom. The fraction of sp³-hybridized carbons (Fsp3) is 0.238. The van der Waals surface area contributed by atoms with Crippen molar-refractivity contribution < 1.29 is 18.3 Å². The Hall–Kier alpha value is -3.62. The van der Waals surface area contributed by atoms with Gasteiger partial charge in [0.25, 0.3) is 11.8 Å². The number of carbonyl (C=O) groups excluding carboxylic acids is 1. The van der Waals surface area contributed by atoms with Crippen molar-refractivity contribution in [3.8, 4) is 5.88 Å². The van der Waals surface area contributed by atoms with Crippen molar-refractivity contribution in [2.45, 2.75) is 18.4 Å². The van der Waals surface area contributed by atoms with E-state index in [4.69, 9.17) is 4.74 Å². The SMILES string of the molecule is C=Cc1ccc(OC2CN(C(=O)c3nnn4ccccc34)CCC2(F)F)nc1C=C. The van der Waals surface area contributed by atoms with E-state index in [1.165, 1.54) is 21.6 Å². The second kappa shape index (κ2) is 7.66. The molecule has 0 spiro atoms. The normalized spacial score (nSPS) is 18.2. The number of pyridine rings is 2. The molecule has 30 heavy (non-hydrogen) atoms. The number of nitrogens with zero attached hydrogens (tertiary/aromatic N) is 5. The number of fused-ring (bicyclic) bond motifs is 1. The van der Waals surface area contributed by atoms with E-state index in [2.05, 4.69) is 28.5 Å². The van der Waals surface area contributed by atoms with Gasteiger partial charge in [-0.25, -0.2) is 18.3 Å². The third kappa shape index (κ3) is 3.54. The minimum atomic E-state index is -3.11. The number of rotatable bonds is 5. The molecule has 0 N–H and O–H groups in total. The van der Waals surface area contributed by atoms with Gasteiger partial charge < -0.3 is 9.64 Å². The summed E-state index contributed by atoms with van der Waals surface area (Å²) in [6.07, 6.45) is 2.67. The molecule has 154 valence electrons. The van der Waals surface area contributed by atoms with E-state index in [0.717, 1.165) is 0 Å². The molecule has 3 aromatic rings. The highest BCUT2D eigenvalue weighted by molar-refractivity contribution is 5.98. The van der Waals surface area contributed by atoms with Crippen molar-refractivity contribution in [3.63, 3.8) is 0 Å². The molecule has 1 aliphatic rings. The van der Waals surface area contributed by atoms with Crippen LogP contribution in [0.25, 0.3) is 17.7 Å². The standard InChI is InChI=1S/C21H19F2N5O2/c1-3-14-8-9-18(24-15(14)4-2)30-17-13-27(12-10-21(17,22)23)20(29)19-16-7-5-6-11-28(16)26-25-19/h3-9,11,17H,1-2,10,12-13H2. The van der Waals surface area contributed by atoms with Crippen molar-refractivity contribution in [1.29, 1.82) is 0 Å². The Bertz CT molecular complexity index is 1130. The van der Waals surface area contributed by atoms with E-state index < -0.39 is 24.4 Å². The van der Waals surface area contributed by atoms with E-state index in [1.54, 1.807) is 36.5 Å². The fourth-order valence-corrected chi connectivity index (χ4v) is 3.34. The van der Waals surface area contributed by atoms with Crippen LogP contribution in [-0.2, 0) is 0 Å². The first-order chi connectivity index (χ1) is 14.4. The largest absolute Gasteiger partial charge is 0.466 e. The molecule has 7 nitrogen and oxygen atoms in total. The zero-order chi connectivity index (χ0) is 21.3. The molecule has 3 aromatic heterocycles. The van der Waals surface area contributed by atoms with Gasteiger partial charge in [-0.15, -0.1) is 5.10 Å². The van der Waals surface area contributed by atoms with Crippen molar-refractivity contribution in [2.75, 3.05) is 13.1 Å². The van der Waals surface area contributed by atoms with Crippen LogP contribution in [0.4, 0.5) is 8.78 Å². The summed E-state index contributed by atoms with van der Waals surface area (Å²) in [5.74, 6) is -3.55. The maximum absolute atomic E-state index is 14.6. The van der Waals surface area contributed by atoms with Crippen LogP contribution < -0.4 is 4.74 Å². The Morgan fingerprint density at radius 2 is 2.07 bits per heavy atom. The average molecular weight is 411 g/mol. The van der Waals surface area contributed by atoms with Crippen LogP contribution in [0.15, 0.2) is 49.7 Å². The molecule has 0 bridgehead atoms. The summed E-state index contributed by atoms with van der Waals surface area (Å²) in [6.45, 7) is 6.93. The number of amides is 1. The van der Waals surface area contributed by atoms with Gasteiger partial charge in [-0.2, -0.15) is 0 Å². The number of likely N-dealkylation sites (tertiary alicyclic amines) is 1. The molecule has 4 rings (SSSR count). The van der Waals surface area contributed by atoms with Crippen LogP contribution in [0, 0.1) is 0 Å². The van der Waals surface area contributed by atoms with Crippen LogP contribution in [0.3, 0.4) is 0 Å². The number of halogens is 2. The van der Waals surface area contributed by atoms with Crippen LogP contribution in [0.2, 0.25) is 0 Å². The molecule has 1 atom stereocenters. The summed E-state index contributed by atoms with van der Waals surface area (Å²) in [5.41, 5.74) is 1.81. The summed E-state index contributed by atoms with van der Waals surface area (Å²) in [5, 5.41) is 7.82. The lowest BCUT2D eigenvalue weighted by atomic mass is 10.0. The average Bonchev–Trinajstić information content (AvgIpc) is 3.18. The third-order valence-corrected chi connectivity index (χ3v) is 4.99. The fourth-order valence-electron chi connectivity index (χ4n) is 3.34. The number of piperidine rings is 1. The molecule has 1 fully saturated rings. The van der Waals surface area contributed by atoms with Crippen LogP contribution in [0.1, 0.15) is 28.2 Å². The number of ether oxygens (including phenoxy) is 1. The van der Waals surface area contributed by atoms with Crippen molar-refractivity contribution in [2.24, 2.45) is 0 Å². The first kappa shape index (κ1) is 19.7. The summed E-state index contributed by atoms with van der Waals surface area (Å²) in [6, 6.07) is 8.36. The highest BCUT2D eigenvalue weighted by Crippen LogP contribution is 2.32. The smallest absolute Gasteiger partial charge is 0.287 e. The highest BCUT2D eigenvalue weighted by Gasteiger charge is 2.47. The van der Waals surface area contributed by atoms with E-state index in [1.807, 2.05) is 0 Å². The van der Waals surface area contributed by atoms with Gasteiger partial charge in [0.2, 0.25) is 5.88 Å². The van der Waals surface area contributed by atoms with E-state index in [0.29, 0.717) is 16.8 Å². The lowest BCUT2D eigenvalue weighted by Gasteiger charge is -2.37. The molecular formula is C21H19F2N5O2. The molecule has 0 saturated carbocycles. The first-order valence-corrected chi connectivity index (χ1v) is 9.32. The second-order valence-corrected chi connectivity index (χ2v) is 6.87. The van der Waals surface area contributed by atoms with Gasteiger partial charge in [0.15, 0.2) is 11.8 Å². The van der Waals surface area contributed by atoms with Crippen LogP contribution >= 0.6 is 0 Å². The number of carbonyl (C=O) groups is 1. The maximum atomic E-state index is 14.6. The highest BCUT2D eigenvalue weighted by atomic mass is 19.3. The van der Waals surface area contributed by atoms with E-state index >= 15 is 0 Å². The van der Waals surface area contributed by atoms with Crippen LogP contribution in [-0.4, -0.2) is 55.7 Å². The molecule has 0 aliphatic carbocycles. The van der Waals surface area contributed by atoms with Gasteiger partial charge in [-0.1, -0.05) is 30.5 Å². The topological polar surface area (TPSA) is 72.6 Å². The Kier molecular flexibility index (Phi) is 5.03. The number of alkyl halides is 2. The number of aromatic nitrogens is 4. The predicted molar refractivity (Wildman–Crippen MR) is 107 cm³/mol. The van der Waals surface area contributed by atoms with Gasteiger partial charge in [-0.3, -0.25) is 4.79 Å². The van der Waals surface area contributed by atoms with Crippen molar-refractivity contribution >= 4 is 23.6 Å². The summed E-state index contributed by atoms with van der Waals surface area (Å²) in [4.78, 5) is 18.5. The zero-order valence-corrected chi connectivity index (χ0v) is 16.0. The van der Waals surface area contributed by atoms with Crippen molar-refractivity contribution in [1.82, 2.24) is 24.7 Å². The van der Waals surface area contributed by atoms with Gasteiger partial charge in [0.1, 0.15) is 0 Å². The monoisotopic (exact) mass is 411 g/mol. The van der Waals surface area contributed by atoms with Gasteiger partial charge in [0.05, 0.1) is 17.8 Å². The Balaban J connectivity index is 1.57. The zero-order valence-electron chi connectivity index (χ0n) is 16.0. The van der Waals surface area contributed by atoms with Gasteiger partial charge in [0, 0.05) is 25.2 Å². The third-order valence-electron chi connectivity index (χ3n) is 4.99. The van der Waals surface area contributed by atoms with Crippen LogP contribution in [0.5, 0.6) is 5.88 Å². The lowest BCUT2D eigenvalue weighted by Crippen LogP contribution is -2.55. The lowest BCUT2D eigenvalue weighted by molar-refractivity contribution is -0.131. The maximum Gasteiger partial charge on any atom is 0.287 e. The second-order valence-electron chi connectivity index (χ2n) is 6.87. The predicted octanol–water partition coefficient (Wildman–Crippen LogP) is 3.34. The Labute approximate surface area is 171 Å². The molecule has 0 aromatic carbocycles. The number of hydrogen-bond donors (Lipinski definition) is 0. The summed E-state index contributed by atoms with van der Waals surface area (Å²) in [7, 11) is 0. The number of hydrogen-bond acceptors (Lipinski definition) is 5. The summed E-state index contributed by atoms with van der Waals surface area (Å²) < 4.78 is 36.1. The molecule has 4 heterocycles. The summed E-state index contributed by atoms with van der Waals surface area (Å²) >= 11 is 0. The molecule has 1 unspecified atom stereocenters. The molecule has 1 amide bonds. The molecular weight excluding hydrogens is 392 g/mol. The first-order valence-electron chi connectivity index (χ1n) is 9.32. The molecule has 1 saturated heterocycles. The molecule has 0 radical (unpaired) electrons. The minimum absolute atomic E-state index is 0.0311. The quantitative estimate of drug-likeness (QED) is 0.644.